The maximum atomic E-state index is 5.96. The SMILES string of the molecule is CCc1ccc(NC(N)=NCc2ccc(N3CCCC3)nc2)cc1.I. The van der Waals surface area contributed by atoms with E-state index in [-0.39, 0.29) is 24.0 Å². The molecule has 25 heavy (non-hydrogen) atoms. The van der Waals surface area contributed by atoms with E-state index in [0.29, 0.717) is 12.5 Å². The van der Waals surface area contributed by atoms with Gasteiger partial charge in [-0.15, -0.1) is 24.0 Å². The molecule has 0 saturated carbocycles. The van der Waals surface area contributed by atoms with Crippen molar-refractivity contribution in [3.63, 3.8) is 0 Å². The molecule has 0 bridgehead atoms. The number of aryl methyl sites for hydroxylation is 1. The fraction of sp³-hybridized carbons (Fsp3) is 0.368. The van der Waals surface area contributed by atoms with Gasteiger partial charge in [0.2, 0.25) is 0 Å². The lowest BCUT2D eigenvalue weighted by Gasteiger charge is -2.16. The van der Waals surface area contributed by atoms with Crippen LogP contribution in [0.3, 0.4) is 0 Å². The topological polar surface area (TPSA) is 66.5 Å². The van der Waals surface area contributed by atoms with Crippen molar-refractivity contribution in [1.29, 1.82) is 0 Å². The van der Waals surface area contributed by atoms with Crippen molar-refractivity contribution in [2.24, 2.45) is 10.7 Å². The Morgan fingerprint density at radius 3 is 2.40 bits per heavy atom. The maximum absolute atomic E-state index is 5.96. The summed E-state index contributed by atoms with van der Waals surface area (Å²) in [6, 6.07) is 12.4. The number of guanidine groups is 1. The molecule has 5 nitrogen and oxygen atoms in total. The molecule has 0 amide bonds. The molecule has 6 heteroatoms. The van der Waals surface area contributed by atoms with Gasteiger partial charge in [-0.05, 0) is 48.6 Å². The van der Waals surface area contributed by atoms with Gasteiger partial charge in [-0.1, -0.05) is 25.1 Å². The molecule has 0 atom stereocenters. The Morgan fingerprint density at radius 2 is 1.80 bits per heavy atom. The van der Waals surface area contributed by atoms with Crippen LogP contribution in [0.15, 0.2) is 47.6 Å². The summed E-state index contributed by atoms with van der Waals surface area (Å²) in [7, 11) is 0. The van der Waals surface area contributed by atoms with Crippen LogP contribution in [0.4, 0.5) is 11.5 Å². The molecule has 3 rings (SSSR count). The van der Waals surface area contributed by atoms with Crippen molar-refractivity contribution in [1.82, 2.24) is 4.98 Å². The molecule has 1 aliphatic heterocycles. The van der Waals surface area contributed by atoms with Crippen molar-refractivity contribution >= 4 is 41.4 Å². The minimum atomic E-state index is 0. The zero-order valence-electron chi connectivity index (χ0n) is 14.6. The minimum absolute atomic E-state index is 0. The first-order valence-electron chi connectivity index (χ1n) is 8.60. The molecule has 0 radical (unpaired) electrons. The normalized spacial score (nSPS) is 14.3. The van der Waals surface area contributed by atoms with E-state index in [1.165, 1.54) is 18.4 Å². The summed E-state index contributed by atoms with van der Waals surface area (Å²) >= 11 is 0. The van der Waals surface area contributed by atoms with Gasteiger partial charge in [-0.25, -0.2) is 9.98 Å². The zero-order valence-corrected chi connectivity index (χ0v) is 16.9. The Bertz CT molecular complexity index is 676. The summed E-state index contributed by atoms with van der Waals surface area (Å²) in [5, 5.41) is 3.12. The van der Waals surface area contributed by atoms with Crippen molar-refractivity contribution in [3.8, 4) is 0 Å². The quantitative estimate of drug-likeness (QED) is 0.413. The molecule has 1 aromatic carbocycles. The van der Waals surface area contributed by atoms with Gasteiger partial charge in [0, 0.05) is 25.0 Å². The predicted octanol–water partition coefficient (Wildman–Crippen LogP) is 3.79. The highest BCUT2D eigenvalue weighted by Crippen LogP contribution is 2.17. The van der Waals surface area contributed by atoms with Crippen molar-refractivity contribution in [2.75, 3.05) is 23.3 Å². The molecule has 0 aliphatic carbocycles. The van der Waals surface area contributed by atoms with Gasteiger partial charge in [-0.3, -0.25) is 0 Å². The van der Waals surface area contributed by atoms with Crippen LogP contribution in [-0.4, -0.2) is 24.0 Å². The first-order valence-corrected chi connectivity index (χ1v) is 8.60. The minimum Gasteiger partial charge on any atom is -0.370 e. The molecule has 2 aromatic rings. The molecule has 3 N–H and O–H groups in total. The highest BCUT2D eigenvalue weighted by molar-refractivity contribution is 14.0. The van der Waals surface area contributed by atoms with Crippen LogP contribution in [0.2, 0.25) is 0 Å². The van der Waals surface area contributed by atoms with E-state index in [1.807, 2.05) is 18.3 Å². The van der Waals surface area contributed by atoms with Gasteiger partial charge >= 0.3 is 0 Å². The van der Waals surface area contributed by atoms with Crippen LogP contribution in [-0.2, 0) is 13.0 Å². The summed E-state index contributed by atoms with van der Waals surface area (Å²) in [6.45, 7) is 4.89. The number of nitrogens with two attached hydrogens (primary N) is 1. The third-order valence-electron chi connectivity index (χ3n) is 4.31. The van der Waals surface area contributed by atoms with E-state index in [1.54, 1.807) is 0 Å². The molecule has 0 unspecified atom stereocenters. The Labute approximate surface area is 166 Å². The number of rotatable bonds is 5. The molecular formula is C19H26IN5. The molecule has 1 aliphatic rings. The van der Waals surface area contributed by atoms with E-state index in [2.05, 4.69) is 51.4 Å². The fourth-order valence-electron chi connectivity index (χ4n) is 2.83. The number of hydrogen-bond acceptors (Lipinski definition) is 3. The molecular weight excluding hydrogens is 425 g/mol. The molecule has 1 saturated heterocycles. The van der Waals surface area contributed by atoms with Crippen LogP contribution >= 0.6 is 24.0 Å². The van der Waals surface area contributed by atoms with E-state index in [9.17, 15) is 0 Å². The fourth-order valence-corrected chi connectivity index (χ4v) is 2.83. The summed E-state index contributed by atoms with van der Waals surface area (Å²) in [4.78, 5) is 11.2. The highest BCUT2D eigenvalue weighted by atomic mass is 127. The predicted molar refractivity (Wildman–Crippen MR) is 116 cm³/mol. The summed E-state index contributed by atoms with van der Waals surface area (Å²) in [5.41, 5.74) is 9.28. The smallest absolute Gasteiger partial charge is 0.193 e. The van der Waals surface area contributed by atoms with Crippen molar-refractivity contribution in [3.05, 3.63) is 53.7 Å². The number of aliphatic imine (C=N–C) groups is 1. The van der Waals surface area contributed by atoms with Crippen LogP contribution in [0, 0.1) is 0 Å². The van der Waals surface area contributed by atoms with Gasteiger partial charge in [-0.2, -0.15) is 0 Å². The lowest BCUT2D eigenvalue weighted by molar-refractivity contribution is 0.929. The number of aromatic nitrogens is 1. The Hall–Kier alpha value is -1.83. The van der Waals surface area contributed by atoms with Crippen LogP contribution < -0.4 is 16.0 Å². The van der Waals surface area contributed by atoms with Crippen LogP contribution in [0.25, 0.3) is 0 Å². The monoisotopic (exact) mass is 451 g/mol. The van der Waals surface area contributed by atoms with Gasteiger partial charge in [0.1, 0.15) is 5.82 Å². The number of nitrogens with zero attached hydrogens (tertiary/aromatic N) is 3. The third kappa shape index (κ3) is 5.59. The van der Waals surface area contributed by atoms with Crippen molar-refractivity contribution < 1.29 is 0 Å². The zero-order chi connectivity index (χ0) is 16.8. The van der Waals surface area contributed by atoms with E-state index in [4.69, 9.17) is 5.73 Å². The third-order valence-corrected chi connectivity index (χ3v) is 4.31. The Morgan fingerprint density at radius 1 is 1.12 bits per heavy atom. The lowest BCUT2D eigenvalue weighted by Crippen LogP contribution is -2.22. The average Bonchev–Trinajstić information content (AvgIpc) is 3.16. The first-order chi connectivity index (χ1) is 11.7. The Kier molecular flexibility index (Phi) is 7.49. The number of hydrogen-bond donors (Lipinski definition) is 2. The van der Waals surface area contributed by atoms with Gasteiger partial charge in [0.15, 0.2) is 5.96 Å². The number of halogens is 1. The van der Waals surface area contributed by atoms with Crippen LogP contribution in [0.5, 0.6) is 0 Å². The molecule has 2 heterocycles. The molecule has 1 fully saturated rings. The van der Waals surface area contributed by atoms with E-state index >= 15 is 0 Å². The maximum Gasteiger partial charge on any atom is 0.193 e. The van der Waals surface area contributed by atoms with Gasteiger partial charge in [0.25, 0.3) is 0 Å². The second kappa shape index (κ2) is 9.60. The average molecular weight is 451 g/mol. The first kappa shape index (κ1) is 19.5. The molecule has 1 aromatic heterocycles. The second-order valence-corrected chi connectivity index (χ2v) is 6.10. The second-order valence-electron chi connectivity index (χ2n) is 6.10. The lowest BCUT2D eigenvalue weighted by atomic mass is 10.1. The van der Waals surface area contributed by atoms with E-state index in [0.717, 1.165) is 36.6 Å². The number of benzene rings is 1. The summed E-state index contributed by atoms with van der Waals surface area (Å²) in [6.07, 6.45) is 5.44. The van der Waals surface area contributed by atoms with Gasteiger partial charge in [0.05, 0.1) is 6.54 Å². The van der Waals surface area contributed by atoms with E-state index < -0.39 is 0 Å². The largest absolute Gasteiger partial charge is 0.370 e. The number of pyridine rings is 1. The number of nitrogens with one attached hydrogen (secondary N) is 1. The van der Waals surface area contributed by atoms with Crippen molar-refractivity contribution in [2.45, 2.75) is 32.7 Å². The van der Waals surface area contributed by atoms with Crippen LogP contribution in [0.1, 0.15) is 30.9 Å². The Balaban J connectivity index is 0.00000225. The summed E-state index contributed by atoms with van der Waals surface area (Å²) in [5.74, 6) is 1.48. The summed E-state index contributed by atoms with van der Waals surface area (Å²) < 4.78 is 0. The molecule has 0 spiro atoms. The number of anilines is 2. The molecule has 134 valence electrons. The highest BCUT2D eigenvalue weighted by Gasteiger charge is 2.12. The van der Waals surface area contributed by atoms with Gasteiger partial charge < -0.3 is 16.0 Å². The standard InChI is InChI=1S/C19H25N5.HI/c1-2-15-5-8-17(9-6-15)23-19(20)22-14-16-7-10-18(21-13-16)24-11-3-4-12-24;/h5-10,13H,2-4,11-12,14H2,1H3,(H3,20,22,23);1H.